The molecule has 2 atom stereocenters. The minimum absolute atomic E-state index is 0.104. The summed E-state index contributed by atoms with van der Waals surface area (Å²) in [6.45, 7) is 11.5. The van der Waals surface area contributed by atoms with E-state index in [9.17, 15) is 28.4 Å². The minimum atomic E-state index is -2.78. The molecule has 0 saturated carbocycles. The van der Waals surface area contributed by atoms with Crippen LogP contribution >= 0.6 is 0 Å². The SMILES string of the molecule is [C-]#[N+]C(=CC(C)(C)N1CCC(F)(F)C1)C(=O)N1CCC[C@H](CC(=O)N[C@@H](Cc2ccccc2)B(O)O)C1. The quantitative estimate of drug-likeness (QED) is 0.266. The van der Waals surface area contributed by atoms with Gasteiger partial charge in [-0.25, -0.2) is 13.6 Å². The maximum atomic E-state index is 13.7. The highest BCUT2D eigenvalue weighted by atomic mass is 19.3. The van der Waals surface area contributed by atoms with Crippen molar-refractivity contribution >= 4 is 18.9 Å². The molecule has 2 saturated heterocycles. The molecule has 0 aliphatic carbocycles. The van der Waals surface area contributed by atoms with Crippen LogP contribution in [0.25, 0.3) is 4.85 Å². The Morgan fingerprint density at radius 3 is 2.59 bits per heavy atom. The lowest BCUT2D eigenvalue weighted by molar-refractivity contribution is -0.130. The molecular weight excluding hydrogens is 481 g/mol. The molecule has 0 radical (unpaired) electrons. The number of benzene rings is 1. The van der Waals surface area contributed by atoms with E-state index in [1.807, 2.05) is 30.3 Å². The normalized spacial score (nSPS) is 21.3. The first-order valence-corrected chi connectivity index (χ1v) is 12.6. The van der Waals surface area contributed by atoms with Crippen LogP contribution in [0.1, 0.15) is 45.1 Å². The number of alkyl halides is 2. The van der Waals surface area contributed by atoms with Crippen molar-refractivity contribution in [1.29, 1.82) is 0 Å². The highest BCUT2D eigenvalue weighted by Gasteiger charge is 2.43. The Balaban J connectivity index is 1.59. The number of piperidine rings is 1. The molecule has 1 aromatic rings. The standard InChI is InChI=1S/C26H35BF2N4O4/c1-25(2,33-13-11-26(28,29)18-33)16-21(30-3)24(35)32-12-7-10-20(17-32)15-23(34)31-22(27(36)37)14-19-8-5-4-6-9-19/h4-6,8-9,16,20,22,36-37H,7,10-15,17-18H2,1-2H3,(H,31,34)/t20-,22+/m1/s1. The molecule has 2 aliphatic rings. The van der Waals surface area contributed by atoms with E-state index in [1.165, 1.54) is 6.08 Å². The number of halogens is 2. The van der Waals surface area contributed by atoms with Crippen LogP contribution in [0.2, 0.25) is 0 Å². The molecule has 0 unspecified atom stereocenters. The Hall–Kier alpha value is -2.81. The number of hydrogen-bond acceptors (Lipinski definition) is 5. The fourth-order valence-electron chi connectivity index (χ4n) is 5.00. The highest BCUT2D eigenvalue weighted by Crippen LogP contribution is 2.33. The lowest BCUT2D eigenvalue weighted by atomic mass is 9.75. The number of amides is 2. The molecule has 2 heterocycles. The molecular formula is C26H35BF2N4O4. The van der Waals surface area contributed by atoms with Crippen molar-refractivity contribution in [2.24, 2.45) is 5.92 Å². The zero-order valence-corrected chi connectivity index (χ0v) is 21.4. The van der Waals surface area contributed by atoms with Crippen LogP contribution in [0.5, 0.6) is 0 Å². The first kappa shape index (κ1) is 28.8. The van der Waals surface area contributed by atoms with Crippen LogP contribution in [-0.2, 0) is 16.0 Å². The molecule has 200 valence electrons. The lowest BCUT2D eigenvalue weighted by Crippen LogP contribution is -2.49. The molecule has 8 nitrogen and oxygen atoms in total. The van der Waals surface area contributed by atoms with Gasteiger partial charge in [0, 0.05) is 38.0 Å². The Labute approximate surface area is 217 Å². The number of hydrogen-bond donors (Lipinski definition) is 3. The maximum Gasteiger partial charge on any atom is 0.475 e. The average Bonchev–Trinajstić information content (AvgIpc) is 3.23. The molecule has 37 heavy (non-hydrogen) atoms. The Bertz CT molecular complexity index is 1030. The summed E-state index contributed by atoms with van der Waals surface area (Å²) in [4.78, 5) is 32.4. The van der Waals surface area contributed by atoms with Crippen LogP contribution in [0.4, 0.5) is 8.78 Å². The van der Waals surface area contributed by atoms with Crippen LogP contribution in [0, 0.1) is 12.5 Å². The van der Waals surface area contributed by atoms with E-state index in [0.29, 0.717) is 19.4 Å². The number of nitrogens with one attached hydrogen (secondary N) is 1. The smallest absolute Gasteiger partial charge is 0.426 e. The van der Waals surface area contributed by atoms with Gasteiger partial charge in [0.1, 0.15) is 0 Å². The van der Waals surface area contributed by atoms with Crippen molar-refractivity contribution in [2.75, 3.05) is 26.2 Å². The maximum absolute atomic E-state index is 13.7. The van der Waals surface area contributed by atoms with E-state index < -0.39 is 37.0 Å². The largest absolute Gasteiger partial charge is 0.475 e. The van der Waals surface area contributed by atoms with Crippen molar-refractivity contribution in [3.05, 3.63) is 59.1 Å². The Morgan fingerprint density at radius 2 is 2.00 bits per heavy atom. The summed E-state index contributed by atoms with van der Waals surface area (Å²) in [6, 6.07) is 9.19. The number of carbonyl (C=O) groups is 2. The van der Waals surface area contributed by atoms with E-state index in [-0.39, 0.29) is 49.9 Å². The summed E-state index contributed by atoms with van der Waals surface area (Å²) in [6.07, 6.45) is 2.96. The molecule has 2 fully saturated rings. The molecule has 0 aromatic heterocycles. The van der Waals surface area contributed by atoms with Crippen molar-refractivity contribution in [3.8, 4) is 0 Å². The highest BCUT2D eigenvalue weighted by molar-refractivity contribution is 6.43. The summed E-state index contributed by atoms with van der Waals surface area (Å²) in [5, 5.41) is 22.2. The van der Waals surface area contributed by atoms with Gasteiger partial charge in [0.15, 0.2) is 0 Å². The van der Waals surface area contributed by atoms with Crippen LogP contribution in [0.3, 0.4) is 0 Å². The van der Waals surface area contributed by atoms with Crippen molar-refractivity contribution in [2.45, 2.75) is 63.4 Å². The van der Waals surface area contributed by atoms with Gasteiger partial charge in [0.05, 0.1) is 19.1 Å². The molecule has 3 rings (SSSR count). The third-order valence-corrected chi connectivity index (χ3v) is 7.10. The van der Waals surface area contributed by atoms with Crippen molar-refractivity contribution in [1.82, 2.24) is 15.1 Å². The monoisotopic (exact) mass is 516 g/mol. The predicted octanol–water partition coefficient (Wildman–Crippen LogP) is 2.28. The van der Waals surface area contributed by atoms with Gasteiger partial charge in [-0.1, -0.05) is 36.4 Å². The zero-order valence-electron chi connectivity index (χ0n) is 21.4. The van der Waals surface area contributed by atoms with E-state index in [0.717, 1.165) is 5.56 Å². The molecule has 2 amide bonds. The van der Waals surface area contributed by atoms with Crippen molar-refractivity contribution in [3.63, 3.8) is 0 Å². The minimum Gasteiger partial charge on any atom is -0.426 e. The summed E-state index contributed by atoms with van der Waals surface area (Å²) in [5.41, 5.74) is -0.144. The summed E-state index contributed by atoms with van der Waals surface area (Å²) >= 11 is 0. The van der Waals surface area contributed by atoms with Gasteiger partial charge in [-0.05, 0) is 44.6 Å². The van der Waals surface area contributed by atoms with E-state index in [4.69, 9.17) is 6.57 Å². The van der Waals surface area contributed by atoms with Gasteiger partial charge in [0.2, 0.25) is 11.6 Å². The van der Waals surface area contributed by atoms with E-state index in [2.05, 4.69) is 10.2 Å². The summed E-state index contributed by atoms with van der Waals surface area (Å²) in [5.74, 6) is -4.60. The molecule has 0 spiro atoms. The second kappa shape index (κ2) is 12.2. The molecule has 11 heteroatoms. The third kappa shape index (κ3) is 8.09. The Morgan fingerprint density at radius 1 is 1.30 bits per heavy atom. The average molecular weight is 516 g/mol. The number of carbonyl (C=O) groups excluding carboxylic acids is 2. The molecule has 2 aliphatic heterocycles. The molecule has 1 aromatic carbocycles. The second-order valence-corrected chi connectivity index (χ2v) is 10.6. The van der Waals surface area contributed by atoms with Gasteiger partial charge in [-0.3, -0.25) is 14.5 Å². The van der Waals surface area contributed by atoms with Gasteiger partial charge in [-0.2, -0.15) is 0 Å². The summed E-state index contributed by atoms with van der Waals surface area (Å²) < 4.78 is 27.4. The zero-order chi connectivity index (χ0) is 27.2. The van der Waals surface area contributed by atoms with Crippen LogP contribution in [-0.4, -0.2) is 82.4 Å². The van der Waals surface area contributed by atoms with Gasteiger partial charge >= 0.3 is 7.12 Å². The van der Waals surface area contributed by atoms with Gasteiger partial charge in [-0.15, -0.1) is 0 Å². The van der Waals surface area contributed by atoms with Gasteiger partial charge < -0.3 is 20.3 Å². The van der Waals surface area contributed by atoms with E-state index in [1.54, 1.807) is 23.6 Å². The van der Waals surface area contributed by atoms with Crippen LogP contribution in [0.15, 0.2) is 42.1 Å². The molecule has 0 bridgehead atoms. The van der Waals surface area contributed by atoms with Crippen LogP contribution < -0.4 is 5.32 Å². The second-order valence-electron chi connectivity index (χ2n) is 10.6. The fourth-order valence-corrected chi connectivity index (χ4v) is 5.00. The Kier molecular flexibility index (Phi) is 9.45. The third-order valence-electron chi connectivity index (χ3n) is 7.10. The van der Waals surface area contributed by atoms with Gasteiger partial charge in [0.25, 0.3) is 11.8 Å². The first-order chi connectivity index (χ1) is 17.4. The molecule has 3 N–H and O–H groups in total. The number of likely N-dealkylation sites (tertiary alicyclic amines) is 2. The topological polar surface area (TPSA) is 97.5 Å². The fraction of sp³-hybridized carbons (Fsp3) is 0.577. The summed E-state index contributed by atoms with van der Waals surface area (Å²) in [7, 11) is -1.72. The number of nitrogens with zero attached hydrogens (tertiary/aromatic N) is 3. The lowest BCUT2D eigenvalue weighted by Gasteiger charge is -2.35. The number of rotatable bonds is 9. The predicted molar refractivity (Wildman–Crippen MR) is 136 cm³/mol. The van der Waals surface area contributed by atoms with Crippen molar-refractivity contribution < 1.29 is 28.4 Å². The van der Waals surface area contributed by atoms with E-state index >= 15 is 0 Å². The first-order valence-electron chi connectivity index (χ1n) is 12.6.